The first-order valence-corrected chi connectivity index (χ1v) is 8.71. The molecular formula is C21H17ClO5. The molecule has 1 aliphatic heterocycles. The normalized spacial score (nSPS) is 14.7. The predicted molar refractivity (Wildman–Crippen MR) is 102 cm³/mol. The van der Waals surface area contributed by atoms with E-state index in [9.17, 15) is 9.59 Å². The van der Waals surface area contributed by atoms with E-state index in [4.69, 9.17) is 25.8 Å². The molecule has 0 aromatic heterocycles. The minimum atomic E-state index is -0.443. The van der Waals surface area contributed by atoms with Gasteiger partial charge in [-0.15, -0.1) is 0 Å². The van der Waals surface area contributed by atoms with Crippen molar-refractivity contribution in [2.24, 2.45) is 0 Å². The minimum absolute atomic E-state index is 0.331. The molecule has 0 N–H and O–H groups in total. The van der Waals surface area contributed by atoms with Gasteiger partial charge in [-0.05, 0) is 61.0 Å². The minimum Gasteiger partial charge on any atom is -0.490 e. The first-order chi connectivity index (χ1) is 13.0. The topological polar surface area (TPSA) is 61.8 Å². The Kier molecular flexibility index (Phi) is 5.62. The molecule has 0 unspecified atom stereocenters. The number of halogens is 1. The first kappa shape index (κ1) is 18.7. The van der Waals surface area contributed by atoms with Gasteiger partial charge in [0.25, 0.3) is 0 Å². The van der Waals surface area contributed by atoms with Crippen molar-refractivity contribution in [3.63, 3.8) is 0 Å². The summed E-state index contributed by atoms with van der Waals surface area (Å²) in [4.78, 5) is 23.4. The van der Waals surface area contributed by atoms with Crippen molar-refractivity contribution < 1.29 is 23.8 Å². The molecule has 27 heavy (non-hydrogen) atoms. The van der Waals surface area contributed by atoms with Crippen LogP contribution in [0.25, 0.3) is 11.8 Å². The third kappa shape index (κ3) is 4.57. The number of hydrogen-bond acceptors (Lipinski definition) is 5. The van der Waals surface area contributed by atoms with Gasteiger partial charge in [0.2, 0.25) is 0 Å². The van der Waals surface area contributed by atoms with Crippen LogP contribution in [0.1, 0.15) is 25.0 Å². The summed E-state index contributed by atoms with van der Waals surface area (Å²) in [5, 5.41) is 0.607. The highest BCUT2D eigenvalue weighted by molar-refractivity contribution is 6.30. The van der Waals surface area contributed by atoms with Crippen LogP contribution in [0.3, 0.4) is 0 Å². The highest BCUT2D eigenvalue weighted by Crippen LogP contribution is 2.32. The molecule has 0 amide bonds. The smallest absolute Gasteiger partial charge is 0.343 e. The van der Waals surface area contributed by atoms with Crippen LogP contribution in [0.2, 0.25) is 5.02 Å². The Labute approximate surface area is 161 Å². The average Bonchev–Trinajstić information content (AvgIpc) is 2.98. The number of esters is 2. The number of rotatable bonds is 5. The van der Waals surface area contributed by atoms with Crippen LogP contribution in [-0.4, -0.2) is 18.5 Å². The number of carbonyl (C=O) groups excluding carboxylic acids is 2. The number of carbonyl (C=O) groups is 2. The Morgan fingerprint density at radius 1 is 1.15 bits per heavy atom. The van der Waals surface area contributed by atoms with Crippen LogP contribution in [0.5, 0.6) is 11.5 Å². The Morgan fingerprint density at radius 3 is 2.56 bits per heavy atom. The number of ether oxygens (including phenoxy) is 3. The summed E-state index contributed by atoms with van der Waals surface area (Å²) < 4.78 is 16.0. The molecule has 0 saturated heterocycles. The van der Waals surface area contributed by atoms with Crippen molar-refractivity contribution in [1.29, 1.82) is 0 Å². The molecule has 0 fully saturated rings. The molecule has 6 heteroatoms. The van der Waals surface area contributed by atoms with Crippen LogP contribution >= 0.6 is 11.6 Å². The van der Waals surface area contributed by atoms with E-state index in [-0.39, 0.29) is 0 Å². The van der Waals surface area contributed by atoms with Gasteiger partial charge in [-0.3, -0.25) is 4.79 Å². The quantitative estimate of drug-likeness (QED) is 0.426. The summed E-state index contributed by atoms with van der Waals surface area (Å²) in [5.41, 5.74) is 1.88. The molecule has 0 radical (unpaired) electrons. The van der Waals surface area contributed by atoms with Crippen molar-refractivity contribution in [3.05, 3.63) is 70.3 Å². The summed E-state index contributed by atoms with van der Waals surface area (Å²) in [6, 6.07) is 12.1. The summed E-state index contributed by atoms with van der Waals surface area (Å²) in [5.74, 6) is 0.344. The van der Waals surface area contributed by atoms with Crippen molar-refractivity contribution in [1.82, 2.24) is 0 Å². The maximum absolute atomic E-state index is 12.2. The third-order valence-corrected chi connectivity index (χ3v) is 3.95. The molecule has 0 aliphatic carbocycles. The third-order valence-electron chi connectivity index (χ3n) is 3.70. The molecule has 138 valence electrons. The summed E-state index contributed by atoms with van der Waals surface area (Å²) in [6.07, 6.45) is 3.36. The fraction of sp³-hybridized carbons (Fsp3) is 0.143. The molecule has 1 aliphatic rings. The first-order valence-electron chi connectivity index (χ1n) is 8.33. The van der Waals surface area contributed by atoms with Crippen molar-refractivity contribution in [2.45, 2.75) is 13.8 Å². The fourth-order valence-electron chi connectivity index (χ4n) is 2.55. The molecule has 0 saturated carbocycles. The van der Waals surface area contributed by atoms with E-state index in [2.05, 4.69) is 0 Å². The molecule has 3 rings (SSSR count). The van der Waals surface area contributed by atoms with Crippen molar-refractivity contribution in [3.8, 4) is 11.5 Å². The van der Waals surface area contributed by atoms with Crippen LogP contribution in [0, 0.1) is 0 Å². The van der Waals surface area contributed by atoms with Gasteiger partial charge in [0.15, 0.2) is 11.5 Å². The van der Waals surface area contributed by atoms with Gasteiger partial charge >= 0.3 is 11.9 Å². The van der Waals surface area contributed by atoms with Gasteiger partial charge in [-0.2, -0.15) is 0 Å². The monoisotopic (exact) mass is 384 g/mol. The van der Waals surface area contributed by atoms with Crippen LogP contribution in [-0.2, 0) is 14.3 Å². The molecule has 0 bridgehead atoms. The zero-order valence-corrected chi connectivity index (χ0v) is 15.6. The van der Waals surface area contributed by atoms with Gasteiger partial charge in [0.05, 0.1) is 12.2 Å². The molecule has 5 nitrogen and oxygen atoms in total. The van der Waals surface area contributed by atoms with E-state index in [0.29, 0.717) is 34.5 Å². The SMILES string of the molecule is CCOc1cc(/C=C2/C=C(c3ccc(Cl)cc3)OC2=O)ccc1OC(C)=O. The standard InChI is InChI=1S/C21H17ClO5/c1-3-25-20-11-14(4-9-18(20)26-13(2)23)10-16-12-19(27-21(16)24)15-5-7-17(22)8-6-15/h4-12H,3H2,1-2H3/b16-10-. The van der Waals surface area contributed by atoms with Crippen LogP contribution < -0.4 is 9.47 Å². The molecule has 1 heterocycles. The lowest BCUT2D eigenvalue weighted by Crippen LogP contribution is -2.04. The number of benzene rings is 2. The van der Waals surface area contributed by atoms with Gasteiger partial charge in [-0.25, -0.2) is 4.79 Å². The lowest BCUT2D eigenvalue weighted by Gasteiger charge is -2.10. The predicted octanol–water partition coefficient (Wildman–Crippen LogP) is 4.65. The average molecular weight is 385 g/mol. The molecule has 0 atom stereocenters. The van der Waals surface area contributed by atoms with E-state index >= 15 is 0 Å². The maximum Gasteiger partial charge on any atom is 0.343 e. The van der Waals surface area contributed by atoms with Gasteiger partial charge in [0, 0.05) is 17.5 Å². The van der Waals surface area contributed by atoms with Crippen LogP contribution in [0.4, 0.5) is 0 Å². The van der Waals surface area contributed by atoms with Gasteiger partial charge < -0.3 is 14.2 Å². The second kappa shape index (κ2) is 8.10. The molecule has 2 aromatic carbocycles. The summed E-state index contributed by atoms with van der Waals surface area (Å²) in [7, 11) is 0. The lowest BCUT2D eigenvalue weighted by atomic mass is 10.1. The number of hydrogen-bond donors (Lipinski definition) is 0. The highest BCUT2D eigenvalue weighted by atomic mass is 35.5. The zero-order valence-electron chi connectivity index (χ0n) is 14.8. The van der Waals surface area contributed by atoms with Crippen molar-refractivity contribution in [2.75, 3.05) is 6.61 Å². The molecule has 2 aromatic rings. The zero-order chi connectivity index (χ0) is 19.4. The van der Waals surface area contributed by atoms with E-state index in [1.807, 2.05) is 6.92 Å². The van der Waals surface area contributed by atoms with E-state index < -0.39 is 11.9 Å². The Bertz CT molecular complexity index is 942. The van der Waals surface area contributed by atoms with E-state index in [0.717, 1.165) is 11.1 Å². The highest BCUT2D eigenvalue weighted by Gasteiger charge is 2.22. The summed E-state index contributed by atoms with van der Waals surface area (Å²) in [6.45, 7) is 3.57. The molecular weight excluding hydrogens is 368 g/mol. The molecule has 0 spiro atoms. The fourth-order valence-corrected chi connectivity index (χ4v) is 2.67. The second-order valence-electron chi connectivity index (χ2n) is 5.74. The van der Waals surface area contributed by atoms with E-state index in [1.54, 1.807) is 54.6 Å². The van der Waals surface area contributed by atoms with Gasteiger partial charge in [0.1, 0.15) is 5.76 Å². The Morgan fingerprint density at radius 2 is 1.89 bits per heavy atom. The summed E-state index contributed by atoms with van der Waals surface area (Å²) >= 11 is 5.89. The largest absolute Gasteiger partial charge is 0.490 e. The lowest BCUT2D eigenvalue weighted by molar-refractivity contribution is -0.132. The maximum atomic E-state index is 12.2. The van der Waals surface area contributed by atoms with Crippen LogP contribution in [0.15, 0.2) is 54.1 Å². The van der Waals surface area contributed by atoms with Crippen molar-refractivity contribution >= 4 is 35.4 Å². The Balaban J connectivity index is 1.91. The second-order valence-corrected chi connectivity index (χ2v) is 6.17. The van der Waals surface area contributed by atoms with Gasteiger partial charge in [-0.1, -0.05) is 17.7 Å². The number of cyclic esters (lactones) is 1. The Hall–Kier alpha value is -3.05. The van der Waals surface area contributed by atoms with E-state index in [1.165, 1.54) is 6.92 Å².